The third-order valence-corrected chi connectivity index (χ3v) is 2.69. The van der Waals surface area contributed by atoms with E-state index in [0.29, 0.717) is 11.8 Å². The van der Waals surface area contributed by atoms with Gasteiger partial charge in [0.1, 0.15) is 5.76 Å². The quantitative estimate of drug-likeness (QED) is 0.716. The Kier molecular flexibility index (Phi) is 1.89. The molecule has 0 saturated carbocycles. The van der Waals surface area contributed by atoms with Crippen molar-refractivity contribution in [2.75, 3.05) is 13.6 Å². The van der Waals surface area contributed by atoms with E-state index in [1.165, 1.54) is 5.56 Å². The lowest BCUT2D eigenvalue weighted by Crippen LogP contribution is -2.19. The summed E-state index contributed by atoms with van der Waals surface area (Å²) in [6.07, 6.45) is 2.91. The molecule has 0 aliphatic heterocycles. The monoisotopic (exact) mass is 166 g/mol. The van der Waals surface area contributed by atoms with Gasteiger partial charge in [-0.05, 0) is 13.0 Å². The van der Waals surface area contributed by atoms with Gasteiger partial charge < -0.3 is 9.84 Å². The van der Waals surface area contributed by atoms with Crippen molar-refractivity contribution >= 4 is 0 Å². The SMILES string of the molecule is CNCC1c2cnoc2CC1C. The minimum Gasteiger partial charge on any atom is -0.361 e. The lowest BCUT2D eigenvalue weighted by molar-refractivity contribution is 0.368. The van der Waals surface area contributed by atoms with Crippen LogP contribution in [-0.4, -0.2) is 18.7 Å². The zero-order valence-corrected chi connectivity index (χ0v) is 7.50. The summed E-state index contributed by atoms with van der Waals surface area (Å²) in [6.45, 7) is 3.28. The molecule has 66 valence electrons. The topological polar surface area (TPSA) is 38.1 Å². The molecule has 1 aromatic heterocycles. The van der Waals surface area contributed by atoms with Crippen LogP contribution in [0.4, 0.5) is 0 Å². The number of aromatic nitrogens is 1. The van der Waals surface area contributed by atoms with Crippen LogP contribution in [0.25, 0.3) is 0 Å². The molecule has 2 rings (SSSR count). The third kappa shape index (κ3) is 1.05. The first-order valence-electron chi connectivity index (χ1n) is 4.41. The first-order valence-corrected chi connectivity index (χ1v) is 4.41. The van der Waals surface area contributed by atoms with Gasteiger partial charge in [0.15, 0.2) is 0 Å². The van der Waals surface area contributed by atoms with Crippen LogP contribution in [0.15, 0.2) is 10.7 Å². The summed E-state index contributed by atoms with van der Waals surface area (Å²) >= 11 is 0. The first-order chi connectivity index (χ1) is 5.83. The number of hydrogen-bond acceptors (Lipinski definition) is 3. The van der Waals surface area contributed by atoms with Gasteiger partial charge in [0, 0.05) is 24.4 Å². The molecule has 2 atom stereocenters. The zero-order chi connectivity index (χ0) is 8.55. The van der Waals surface area contributed by atoms with Gasteiger partial charge in [0.2, 0.25) is 0 Å². The molecular weight excluding hydrogens is 152 g/mol. The van der Waals surface area contributed by atoms with Crippen molar-refractivity contribution in [2.24, 2.45) is 5.92 Å². The number of fused-ring (bicyclic) bond motifs is 1. The summed E-state index contributed by atoms with van der Waals surface area (Å²) in [5.41, 5.74) is 1.30. The Morgan fingerprint density at radius 2 is 2.58 bits per heavy atom. The predicted octanol–water partition coefficient (Wildman–Crippen LogP) is 1.17. The van der Waals surface area contributed by atoms with Crippen molar-refractivity contribution in [3.05, 3.63) is 17.5 Å². The zero-order valence-electron chi connectivity index (χ0n) is 7.50. The molecular formula is C9H14N2O. The van der Waals surface area contributed by atoms with Gasteiger partial charge in [-0.15, -0.1) is 0 Å². The highest BCUT2D eigenvalue weighted by Gasteiger charge is 2.31. The van der Waals surface area contributed by atoms with E-state index in [2.05, 4.69) is 17.4 Å². The van der Waals surface area contributed by atoms with Crippen molar-refractivity contribution in [1.29, 1.82) is 0 Å². The van der Waals surface area contributed by atoms with Gasteiger partial charge in [0.25, 0.3) is 0 Å². The second-order valence-electron chi connectivity index (χ2n) is 3.55. The van der Waals surface area contributed by atoms with Crippen molar-refractivity contribution in [3.63, 3.8) is 0 Å². The minimum absolute atomic E-state index is 0.594. The number of nitrogens with one attached hydrogen (secondary N) is 1. The van der Waals surface area contributed by atoms with Crippen molar-refractivity contribution in [3.8, 4) is 0 Å². The number of hydrogen-bond donors (Lipinski definition) is 1. The van der Waals surface area contributed by atoms with Crippen LogP contribution >= 0.6 is 0 Å². The molecule has 1 aliphatic rings. The van der Waals surface area contributed by atoms with Crippen LogP contribution in [0.2, 0.25) is 0 Å². The van der Waals surface area contributed by atoms with Crippen molar-refractivity contribution in [1.82, 2.24) is 10.5 Å². The average molecular weight is 166 g/mol. The molecule has 12 heavy (non-hydrogen) atoms. The smallest absolute Gasteiger partial charge is 0.140 e. The van der Waals surface area contributed by atoms with E-state index in [-0.39, 0.29) is 0 Å². The Bertz CT molecular complexity index is 269. The lowest BCUT2D eigenvalue weighted by Gasteiger charge is -2.13. The largest absolute Gasteiger partial charge is 0.361 e. The van der Waals surface area contributed by atoms with Gasteiger partial charge in [-0.25, -0.2) is 0 Å². The minimum atomic E-state index is 0.594. The van der Waals surface area contributed by atoms with E-state index < -0.39 is 0 Å². The van der Waals surface area contributed by atoms with E-state index in [4.69, 9.17) is 4.52 Å². The van der Waals surface area contributed by atoms with Crippen LogP contribution in [0.1, 0.15) is 24.2 Å². The fourth-order valence-corrected chi connectivity index (χ4v) is 2.00. The van der Waals surface area contributed by atoms with Gasteiger partial charge in [-0.2, -0.15) is 0 Å². The van der Waals surface area contributed by atoms with Crippen molar-refractivity contribution < 1.29 is 4.52 Å². The Hall–Kier alpha value is -0.830. The number of likely N-dealkylation sites (N-methyl/N-ethyl adjacent to an activating group) is 1. The molecule has 3 heteroatoms. The maximum Gasteiger partial charge on any atom is 0.140 e. The standard InChI is InChI=1S/C9H14N2O/c1-6-3-9-8(5-11-12-9)7(6)4-10-2/h5-7,10H,3-4H2,1-2H3. The Balaban J connectivity index is 2.23. The van der Waals surface area contributed by atoms with Gasteiger partial charge >= 0.3 is 0 Å². The molecule has 0 radical (unpaired) electrons. The van der Waals surface area contributed by atoms with E-state index in [1.807, 2.05) is 13.2 Å². The summed E-state index contributed by atoms with van der Waals surface area (Å²) in [6, 6.07) is 0. The molecule has 1 aliphatic carbocycles. The number of rotatable bonds is 2. The Morgan fingerprint density at radius 1 is 1.75 bits per heavy atom. The summed E-state index contributed by atoms with van der Waals surface area (Å²) in [5.74, 6) is 2.37. The van der Waals surface area contributed by atoms with Crippen LogP contribution in [-0.2, 0) is 6.42 Å². The van der Waals surface area contributed by atoms with E-state index in [1.54, 1.807) is 0 Å². The third-order valence-electron chi connectivity index (χ3n) is 2.69. The fraction of sp³-hybridized carbons (Fsp3) is 0.667. The highest BCUT2D eigenvalue weighted by molar-refractivity contribution is 5.26. The lowest BCUT2D eigenvalue weighted by atomic mass is 9.95. The maximum absolute atomic E-state index is 5.15. The average Bonchev–Trinajstić information content (AvgIpc) is 2.56. The molecule has 2 unspecified atom stereocenters. The summed E-state index contributed by atoms with van der Waals surface area (Å²) in [4.78, 5) is 0. The predicted molar refractivity (Wildman–Crippen MR) is 46.0 cm³/mol. The van der Waals surface area contributed by atoms with Gasteiger partial charge in [-0.3, -0.25) is 0 Å². The van der Waals surface area contributed by atoms with E-state index >= 15 is 0 Å². The Labute approximate surface area is 72.1 Å². The second kappa shape index (κ2) is 2.90. The van der Waals surface area contributed by atoms with Crippen LogP contribution in [0.3, 0.4) is 0 Å². The molecule has 0 spiro atoms. The highest BCUT2D eigenvalue weighted by Crippen LogP contribution is 2.36. The summed E-state index contributed by atoms with van der Waals surface area (Å²) in [7, 11) is 1.98. The maximum atomic E-state index is 5.15. The molecule has 0 saturated heterocycles. The molecule has 0 fully saturated rings. The summed E-state index contributed by atoms with van der Waals surface area (Å²) in [5, 5.41) is 7.01. The van der Waals surface area contributed by atoms with E-state index in [9.17, 15) is 0 Å². The van der Waals surface area contributed by atoms with Gasteiger partial charge in [-0.1, -0.05) is 12.1 Å². The highest BCUT2D eigenvalue weighted by atomic mass is 16.5. The second-order valence-corrected chi connectivity index (χ2v) is 3.55. The fourth-order valence-electron chi connectivity index (χ4n) is 2.00. The Morgan fingerprint density at radius 3 is 3.33 bits per heavy atom. The molecule has 0 aromatic carbocycles. The van der Waals surface area contributed by atoms with Crippen LogP contribution < -0.4 is 5.32 Å². The van der Waals surface area contributed by atoms with Gasteiger partial charge in [0.05, 0.1) is 6.20 Å². The molecule has 1 N–H and O–H groups in total. The van der Waals surface area contributed by atoms with Crippen LogP contribution in [0.5, 0.6) is 0 Å². The molecule has 3 nitrogen and oxygen atoms in total. The normalized spacial score (nSPS) is 27.5. The molecule has 0 bridgehead atoms. The van der Waals surface area contributed by atoms with Crippen molar-refractivity contribution in [2.45, 2.75) is 19.3 Å². The summed E-state index contributed by atoms with van der Waals surface area (Å²) < 4.78 is 5.15. The van der Waals surface area contributed by atoms with Crippen LogP contribution in [0, 0.1) is 5.92 Å². The number of nitrogens with zero attached hydrogens (tertiary/aromatic N) is 1. The molecule has 0 amide bonds. The van der Waals surface area contributed by atoms with E-state index in [0.717, 1.165) is 18.7 Å². The molecule has 1 heterocycles. The first kappa shape index (κ1) is 7.80. The molecule has 1 aromatic rings.